The van der Waals surface area contributed by atoms with Crippen LogP contribution in [0, 0.1) is 0 Å². The van der Waals surface area contributed by atoms with E-state index in [0.29, 0.717) is 16.0 Å². The molecule has 23 heavy (non-hydrogen) atoms. The predicted octanol–water partition coefficient (Wildman–Crippen LogP) is 2.78. The van der Waals surface area contributed by atoms with E-state index in [2.05, 4.69) is 0 Å². The minimum atomic E-state index is -1.26. The van der Waals surface area contributed by atoms with Gasteiger partial charge < -0.3 is 20.4 Å². The van der Waals surface area contributed by atoms with Crippen LogP contribution >= 0.6 is 11.8 Å². The topological polar surface area (TPSA) is 115 Å². The second-order valence-corrected chi connectivity index (χ2v) is 5.99. The lowest BCUT2D eigenvalue weighted by Crippen LogP contribution is -2.20. The zero-order valence-electron chi connectivity index (χ0n) is 11.8. The van der Waals surface area contributed by atoms with E-state index in [1.54, 1.807) is 30.3 Å². The zero-order chi connectivity index (χ0) is 17.0. The first-order valence-corrected chi connectivity index (χ1v) is 7.49. The standard InChI is InChI=1S/C16H14O6S/c17-11-6-10(9-4-2-1-3-5-9)13(7-12(11)18)23-14(16(21)22)8-15(19)20/h1-7,14,17-18H,8H2,(H,19,20)(H,21,22). The van der Waals surface area contributed by atoms with E-state index in [1.807, 2.05) is 0 Å². The van der Waals surface area contributed by atoms with Gasteiger partial charge in [-0.15, -0.1) is 11.8 Å². The van der Waals surface area contributed by atoms with E-state index >= 15 is 0 Å². The Morgan fingerprint density at radius 2 is 1.61 bits per heavy atom. The summed E-state index contributed by atoms with van der Waals surface area (Å²) in [5, 5.41) is 36.2. The number of hydrogen-bond donors (Lipinski definition) is 4. The van der Waals surface area contributed by atoms with Crippen molar-refractivity contribution >= 4 is 23.7 Å². The first-order valence-electron chi connectivity index (χ1n) is 6.61. The van der Waals surface area contributed by atoms with Gasteiger partial charge in [0.15, 0.2) is 11.5 Å². The van der Waals surface area contributed by atoms with Crippen LogP contribution in [0.4, 0.5) is 0 Å². The molecule has 0 saturated carbocycles. The predicted molar refractivity (Wildman–Crippen MR) is 84.7 cm³/mol. The van der Waals surface area contributed by atoms with Gasteiger partial charge in [0.2, 0.25) is 0 Å². The summed E-state index contributed by atoms with van der Waals surface area (Å²) < 4.78 is 0. The first kappa shape index (κ1) is 16.7. The van der Waals surface area contributed by atoms with E-state index in [4.69, 9.17) is 5.11 Å². The van der Waals surface area contributed by atoms with Crippen LogP contribution in [0.15, 0.2) is 47.4 Å². The molecule has 120 valence electrons. The molecule has 0 saturated heterocycles. The van der Waals surface area contributed by atoms with Gasteiger partial charge in [0.25, 0.3) is 0 Å². The monoisotopic (exact) mass is 334 g/mol. The van der Waals surface area contributed by atoms with Crippen LogP contribution in [0.1, 0.15) is 6.42 Å². The molecular formula is C16H14O6S. The maximum atomic E-state index is 11.2. The molecule has 1 atom stereocenters. The average Bonchev–Trinajstić information content (AvgIpc) is 2.50. The Labute approximate surface area is 136 Å². The van der Waals surface area contributed by atoms with Crippen LogP contribution in [-0.4, -0.2) is 37.6 Å². The molecule has 0 amide bonds. The van der Waals surface area contributed by atoms with Gasteiger partial charge in [0, 0.05) is 4.90 Å². The Hall–Kier alpha value is -2.67. The van der Waals surface area contributed by atoms with Crippen molar-refractivity contribution < 1.29 is 30.0 Å². The van der Waals surface area contributed by atoms with Crippen LogP contribution in [-0.2, 0) is 9.59 Å². The SMILES string of the molecule is O=C(O)CC(Sc1cc(O)c(O)cc1-c1ccccc1)C(=O)O. The van der Waals surface area contributed by atoms with Crippen molar-refractivity contribution in [2.24, 2.45) is 0 Å². The fraction of sp³-hybridized carbons (Fsp3) is 0.125. The Kier molecular flexibility index (Phi) is 5.13. The lowest BCUT2D eigenvalue weighted by atomic mass is 10.1. The molecule has 2 aromatic carbocycles. The number of thioether (sulfide) groups is 1. The molecule has 2 rings (SSSR count). The molecule has 4 N–H and O–H groups in total. The van der Waals surface area contributed by atoms with Crippen molar-refractivity contribution in [1.82, 2.24) is 0 Å². The molecule has 0 radical (unpaired) electrons. The molecule has 2 aromatic rings. The van der Waals surface area contributed by atoms with E-state index < -0.39 is 29.4 Å². The third-order valence-corrected chi connectivity index (χ3v) is 4.31. The molecule has 0 aliphatic heterocycles. The number of hydrogen-bond acceptors (Lipinski definition) is 5. The first-order chi connectivity index (χ1) is 10.9. The van der Waals surface area contributed by atoms with Gasteiger partial charge in [-0.05, 0) is 23.3 Å². The third kappa shape index (κ3) is 4.17. The van der Waals surface area contributed by atoms with Gasteiger partial charge in [0.1, 0.15) is 5.25 Å². The summed E-state index contributed by atoms with van der Waals surface area (Å²) in [6.45, 7) is 0. The maximum Gasteiger partial charge on any atom is 0.317 e. The van der Waals surface area contributed by atoms with Crippen molar-refractivity contribution in [3.63, 3.8) is 0 Å². The number of carbonyl (C=O) groups is 2. The van der Waals surface area contributed by atoms with Gasteiger partial charge in [-0.2, -0.15) is 0 Å². The number of phenolic OH excluding ortho intramolecular Hbond substituents is 2. The number of benzene rings is 2. The zero-order valence-corrected chi connectivity index (χ0v) is 12.7. The maximum absolute atomic E-state index is 11.2. The molecule has 0 aliphatic carbocycles. The number of carboxylic acids is 2. The highest BCUT2D eigenvalue weighted by molar-refractivity contribution is 8.00. The Morgan fingerprint density at radius 3 is 2.17 bits per heavy atom. The molecule has 0 aromatic heterocycles. The van der Waals surface area contributed by atoms with Gasteiger partial charge in [-0.25, -0.2) is 0 Å². The van der Waals surface area contributed by atoms with E-state index in [1.165, 1.54) is 12.1 Å². The molecule has 0 bridgehead atoms. The summed E-state index contributed by atoms with van der Waals surface area (Å²) >= 11 is 0.818. The number of phenols is 2. The molecule has 0 fully saturated rings. The molecule has 1 unspecified atom stereocenters. The van der Waals surface area contributed by atoms with Crippen LogP contribution in [0.5, 0.6) is 11.5 Å². The molecule has 0 heterocycles. The second-order valence-electron chi connectivity index (χ2n) is 4.75. The quantitative estimate of drug-likeness (QED) is 0.474. The minimum Gasteiger partial charge on any atom is -0.504 e. The summed E-state index contributed by atoms with van der Waals surface area (Å²) in [7, 11) is 0. The average molecular weight is 334 g/mol. The van der Waals surface area contributed by atoms with Crippen LogP contribution < -0.4 is 0 Å². The Morgan fingerprint density at radius 1 is 1.00 bits per heavy atom. The molecule has 6 nitrogen and oxygen atoms in total. The van der Waals surface area contributed by atoms with Crippen LogP contribution in [0.25, 0.3) is 11.1 Å². The van der Waals surface area contributed by atoms with E-state index in [-0.39, 0.29) is 5.75 Å². The largest absolute Gasteiger partial charge is 0.504 e. The lowest BCUT2D eigenvalue weighted by molar-refractivity contribution is -0.142. The van der Waals surface area contributed by atoms with Gasteiger partial charge in [-0.3, -0.25) is 9.59 Å². The molecule has 0 spiro atoms. The Bertz CT molecular complexity index is 729. The highest BCUT2D eigenvalue weighted by Crippen LogP contribution is 2.41. The highest BCUT2D eigenvalue weighted by atomic mass is 32.2. The minimum absolute atomic E-state index is 0.335. The summed E-state index contributed by atoms with van der Waals surface area (Å²) in [6, 6.07) is 11.5. The fourth-order valence-electron chi connectivity index (χ4n) is 1.99. The van der Waals surface area contributed by atoms with Gasteiger partial charge in [0.05, 0.1) is 6.42 Å². The Balaban J connectivity index is 2.46. The van der Waals surface area contributed by atoms with E-state index in [9.17, 15) is 24.9 Å². The van der Waals surface area contributed by atoms with Crippen molar-refractivity contribution in [3.8, 4) is 22.6 Å². The highest BCUT2D eigenvalue weighted by Gasteiger charge is 2.24. The number of aliphatic carboxylic acids is 2. The lowest BCUT2D eigenvalue weighted by Gasteiger charge is -2.15. The number of carboxylic acid groups (broad SMARTS) is 2. The van der Waals surface area contributed by atoms with Crippen molar-refractivity contribution in [2.75, 3.05) is 0 Å². The smallest absolute Gasteiger partial charge is 0.317 e. The van der Waals surface area contributed by atoms with E-state index in [0.717, 1.165) is 11.8 Å². The molecule has 7 heteroatoms. The second kappa shape index (κ2) is 7.06. The van der Waals surface area contributed by atoms with Crippen LogP contribution in [0.2, 0.25) is 0 Å². The summed E-state index contributed by atoms with van der Waals surface area (Å²) in [6.07, 6.45) is -0.560. The van der Waals surface area contributed by atoms with Crippen LogP contribution in [0.3, 0.4) is 0 Å². The van der Waals surface area contributed by atoms with Gasteiger partial charge in [-0.1, -0.05) is 30.3 Å². The number of rotatable bonds is 6. The van der Waals surface area contributed by atoms with Crippen molar-refractivity contribution in [2.45, 2.75) is 16.6 Å². The fourth-order valence-corrected chi connectivity index (χ4v) is 3.11. The normalized spacial score (nSPS) is 11.8. The third-order valence-electron chi connectivity index (χ3n) is 3.07. The van der Waals surface area contributed by atoms with Crippen molar-refractivity contribution in [3.05, 3.63) is 42.5 Å². The van der Waals surface area contributed by atoms with Gasteiger partial charge >= 0.3 is 11.9 Å². The van der Waals surface area contributed by atoms with Crippen molar-refractivity contribution in [1.29, 1.82) is 0 Å². The summed E-state index contributed by atoms with van der Waals surface area (Å²) in [5.74, 6) is -3.22. The molecule has 0 aliphatic rings. The number of aromatic hydroxyl groups is 2. The summed E-state index contributed by atoms with van der Waals surface area (Å²) in [5.41, 5.74) is 1.23. The summed E-state index contributed by atoms with van der Waals surface area (Å²) in [4.78, 5) is 22.4. The molecular weight excluding hydrogens is 320 g/mol.